The molecule has 0 radical (unpaired) electrons. The Labute approximate surface area is 88.8 Å². The summed E-state index contributed by atoms with van der Waals surface area (Å²) in [5.74, 6) is 0. The summed E-state index contributed by atoms with van der Waals surface area (Å²) in [7, 11) is 0. The molecule has 0 aliphatic carbocycles. The Morgan fingerprint density at radius 3 is 3.00 bits per heavy atom. The van der Waals surface area contributed by atoms with Crippen LogP contribution in [0.1, 0.15) is 0 Å². The van der Waals surface area contributed by atoms with Crippen LogP contribution in [0.5, 0.6) is 0 Å². The average Bonchev–Trinajstić information content (AvgIpc) is 2.59. The number of para-hydroxylation sites is 1. The predicted molar refractivity (Wildman–Crippen MR) is 57.5 cm³/mol. The predicted octanol–water partition coefficient (Wildman–Crippen LogP) is 2.68. The van der Waals surface area contributed by atoms with E-state index in [0.29, 0.717) is 4.34 Å². The van der Waals surface area contributed by atoms with E-state index in [9.17, 15) is 4.39 Å². The summed E-state index contributed by atoms with van der Waals surface area (Å²) >= 11 is 2.40. The van der Waals surface area contributed by atoms with Gasteiger partial charge in [-0.05, 0) is 12.1 Å². The minimum atomic E-state index is -1.28. The second-order valence-corrected chi connectivity index (χ2v) is 5.08. The molecule has 0 fully saturated rings. The van der Waals surface area contributed by atoms with Gasteiger partial charge in [0, 0.05) is 0 Å². The molecule has 1 heterocycles. The Kier molecular flexibility index (Phi) is 3.00. The molecular formula is C9H8FNOS2. The van der Waals surface area contributed by atoms with E-state index in [1.54, 1.807) is 0 Å². The molecule has 1 aromatic heterocycles. The summed E-state index contributed by atoms with van der Waals surface area (Å²) in [4.78, 5) is 4.23. The first-order chi connectivity index (χ1) is 6.79. The van der Waals surface area contributed by atoms with Crippen LogP contribution in [-0.2, 0) is 0 Å². The van der Waals surface area contributed by atoms with Gasteiger partial charge in [0.15, 0.2) is 9.84 Å². The van der Waals surface area contributed by atoms with Crippen LogP contribution < -0.4 is 0 Å². The van der Waals surface area contributed by atoms with Crippen molar-refractivity contribution in [3.05, 3.63) is 24.3 Å². The van der Waals surface area contributed by atoms with Gasteiger partial charge in [0.25, 0.3) is 0 Å². The second-order valence-electron chi connectivity index (χ2n) is 2.66. The molecule has 2 nitrogen and oxygen atoms in total. The van der Waals surface area contributed by atoms with Gasteiger partial charge in [-0.25, -0.2) is 9.37 Å². The van der Waals surface area contributed by atoms with Crippen molar-refractivity contribution >= 4 is 33.3 Å². The van der Waals surface area contributed by atoms with Crippen LogP contribution >= 0.6 is 23.1 Å². The molecular weight excluding hydrogens is 221 g/mol. The third-order valence-electron chi connectivity index (χ3n) is 1.65. The second kappa shape index (κ2) is 4.25. The number of benzene rings is 1. The van der Waals surface area contributed by atoms with E-state index in [4.69, 9.17) is 5.11 Å². The Balaban J connectivity index is 2.27. The highest BCUT2D eigenvalue weighted by Crippen LogP contribution is 2.31. The first kappa shape index (κ1) is 9.89. The van der Waals surface area contributed by atoms with Crippen molar-refractivity contribution in [3.63, 3.8) is 0 Å². The minimum absolute atomic E-state index is 0.472. The van der Waals surface area contributed by atoms with E-state index in [2.05, 4.69) is 4.98 Å². The molecule has 0 saturated heterocycles. The lowest BCUT2D eigenvalue weighted by atomic mass is 10.3. The van der Waals surface area contributed by atoms with Gasteiger partial charge in [-0.3, -0.25) is 0 Å². The van der Waals surface area contributed by atoms with Gasteiger partial charge in [0.05, 0.1) is 16.8 Å². The number of hydrogen-bond donors (Lipinski definition) is 1. The Bertz CT molecular complexity index is 398. The van der Waals surface area contributed by atoms with Gasteiger partial charge < -0.3 is 5.11 Å². The highest BCUT2D eigenvalue weighted by Gasteiger charge is 2.10. The molecule has 0 unspecified atom stereocenters. The van der Waals surface area contributed by atoms with Gasteiger partial charge in [0.2, 0.25) is 0 Å². The summed E-state index contributed by atoms with van der Waals surface area (Å²) in [6.45, 7) is -0.472. The standard InChI is InChI=1S/C9H8FNOS2/c10-8(5-12)14-9-11-6-3-1-2-4-7(6)13-9/h1-4,8,12H,5H2/t8-/m1/s1. The highest BCUT2D eigenvalue weighted by molar-refractivity contribution is 8.01. The number of nitrogens with zero attached hydrogens (tertiary/aromatic N) is 1. The molecule has 0 saturated carbocycles. The molecule has 0 aliphatic rings. The molecule has 0 bridgehead atoms. The monoisotopic (exact) mass is 229 g/mol. The number of thioether (sulfide) groups is 1. The fourth-order valence-electron chi connectivity index (χ4n) is 1.05. The molecule has 14 heavy (non-hydrogen) atoms. The fraction of sp³-hybridized carbons (Fsp3) is 0.222. The summed E-state index contributed by atoms with van der Waals surface area (Å²) < 4.78 is 14.5. The summed E-state index contributed by atoms with van der Waals surface area (Å²) in [6.07, 6.45) is 0. The fourth-order valence-corrected chi connectivity index (χ4v) is 2.96. The van der Waals surface area contributed by atoms with Gasteiger partial charge in [-0.1, -0.05) is 23.9 Å². The zero-order valence-corrected chi connectivity index (χ0v) is 8.82. The summed E-state index contributed by atoms with van der Waals surface area (Å²) in [5.41, 5.74) is -0.402. The van der Waals surface area contributed by atoms with Crippen LogP contribution in [0.2, 0.25) is 0 Å². The van der Waals surface area contributed by atoms with E-state index < -0.39 is 12.1 Å². The van der Waals surface area contributed by atoms with E-state index in [1.807, 2.05) is 24.3 Å². The third-order valence-corrected chi connectivity index (χ3v) is 3.71. The van der Waals surface area contributed by atoms with Crippen molar-refractivity contribution in [1.82, 2.24) is 4.98 Å². The zero-order valence-electron chi connectivity index (χ0n) is 7.18. The van der Waals surface area contributed by atoms with Crippen LogP contribution in [0, 0.1) is 0 Å². The zero-order chi connectivity index (χ0) is 9.97. The topological polar surface area (TPSA) is 33.1 Å². The lowest BCUT2D eigenvalue weighted by Crippen LogP contribution is -1.98. The number of thiazole rings is 1. The number of halogens is 1. The Hall–Kier alpha value is -0.650. The van der Waals surface area contributed by atoms with E-state index in [0.717, 1.165) is 22.0 Å². The molecule has 1 aromatic carbocycles. The number of aliphatic hydroxyl groups is 1. The largest absolute Gasteiger partial charge is 0.392 e. The smallest absolute Gasteiger partial charge is 0.175 e. The van der Waals surface area contributed by atoms with Gasteiger partial charge in [-0.2, -0.15) is 0 Å². The Morgan fingerprint density at radius 1 is 1.50 bits per heavy atom. The third kappa shape index (κ3) is 2.05. The number of alkyl halides is 1. The highest BCUT2D eigenvalue weighted by atomic mass is 32.2. The normalized spacial score (nSPS) is 13.3. The number of hydrogen-bond acceptors (Lipinski definition) is 4. The van der Waals surface area contributed by atoms with Crippen molar-refractivity contribution in [3.8, 4) is 0 Å². The van der Waals surface area contributed by atoms with E-state index in [-0.39, 0.29) is 0 Å². The van der Waals surface area contributed by atoms with E-state index >= 15 is 0 Å². The number of aliphatic hydroxyl groups excluding tert-OH is 1. The van der Waals surface area contributed by atoms with Crippen LogP contribution in [0.4, 0.5) is 4.39 Å². The van der Waals surface area contributed by atoms with Gasteiger partial charge in [0.1, 0.15) is 0 Å². The summed E-state index contributed by atoms with van der Waals surface area (Å²) in [5, 5.41) is 8.55. The van der Waals surface area contributed by atoms with Crippen LogP contribution in [0.3, 0.4) is 0 Å². The first-order valence-electron chi connectivity index (χ1n) is 4.07. The molecule has 0 aliphatic heterocycles. The number of aromatic nitrogens is 1. The molecule has 2 rings (SSSR count). The molecule has 0 spiro atoms. The maximum absolute atomic E-state index is 12.8. The quantitative estimate of drug-likeness (QED) is 0.821. The van der Waals surface area contributed by atoms with Crippen LogP contribution in [-0.4, -0.2) is 22.2 Å². The van der Waals surface area contributed by atoms with Crippen LogP contribution in [0.25, 0.3) is 10.2 Å². The number of fused-ring (bicyclic) bond motifs is 1. The molecule has 1 N–H and O–H groups in total. The van der Waals surface area contributed by atoms with Gasteiger partial charge >= 0.3 is 0 Å². The van der Waals surface area contributed by atoms with Crippen molar-refractivity contribution in [1.29, 1.82) is 0 Å². The van der Waals surface area contributed by atoms with Crippen molar-refractivity contribution in [2.24, 2.45) is 0 Å². The Morgan fingerprint density at radius 2 is 2.29 bits per heavy atom. The number of rotatable bonds is 3. The average molecular weight is 229 g/mol. The SMILES string of the molecule is OC[C@H](F)Sc1nc2ccccc2s1. The first-order valence-corrected chi connectivity index (χ1v) is 5.76. The lowest BCUT2D eigenvalue weighted by molar-refractivity contribution is 0.233. The van der Waals surface area contributed by atoms with Crippen molar-refractivity contribution in [2.75, 3.05) is 6.61 Å². The van der Waals surface area contributed by atoms with Crippen molar-refractivity contribution < 1.29 is 9.50 Å². The van der Waals surface area contributed by atoms with E-state index in [1.165, 1.54) is 11.3 Å². The maximum atomic E-state index is 12.8. The van der Waals surface area contributed by atoms with Crippen LogP contribution in [0.15, 0.2) is 28.6 Å². The van der Waals surface area contributed by atoms with Crippen molar-refractivity contribution in [2.45, 2.75) is 9.84 Å². The lowest BCUT2D eigenvalue weighted by Gasteiger charge is -1.98. The molecule has 5 heteroatoms. The molecule has 74 valence electrons. The molecule has 0 amide bonds. The molecule has 2 aromatic rings. The summed E-state index contributed by atoms with van der Waals surface area (Å²) in [6, 6.07) is 7.66. The minimum Gasteiger partial charge on any atom is -0.392 e. The maximum Gasteiger partial charge on any atom is 0.175 e. The van der Waals surface area contributed by atoms with Gasteiger partial charge in [-0.15, -0.1) is 11.3 Å². The molecule has 1 atom stereocenters.